The summed E-state index contributed by atoms with van der Waals surface area (Å²) >= 11 is 5.92. The van der Waals surface area contributed by atoms with Gasteiger partial charge >= 0.3 is 6.03 Å². The molecule has 1 fully saturated rings. The van der Waals surface area contributed by atoms with Gasteiger partial charge in [-0.1, -0.05) is 24.2 Å². The number of anilines is 2. The van der Waals surface area contributed by atoms with E-state index in [4.69, 9.17) is 16.3 Å². The number of benzene rings is 2. The molecule has 0 aliphatic carbocycles. The Morgan fingerprint density at radius 1 is 1.12 bits per heavy atom. The SMILES string of the molecule is C=C1CN(C)CCc2ccc(NC(=O)C3CC(OC)CN3C(=O)Nc3ccc(Cl)cc3)cc21. The fraction of sp³-hybridized carbons (Fsp3) is 0.360. The number of rotatable bonds is 4. The number of nitrogens with one attached hydrogen (secondary N) is 2. The number of halogens is 1. The van der Waals surface area contributed by atoms with Crippen LogP contribution in [0.5, 0.6) is 0 Å². The zero-order chi connectivity index (χ0) is 23.5. The molecule has 2 aliphatic rings. The van der Waals surface area contributed by atoms with Crippen LogP contribution >= 0.6 is 11.6 Å². The van der Waals surface area contributed by atoms with Crippen molar-refractivity contribution in [3.8, 4) is 0 Å². The molecule has 3 amide bonds. The maximum absolute atomic E-state index is 13.2. The van der Waals surface area contributed by atoms with Gasteiger partial charge in [0.2, 0.25) is 5.91 Å². The Kier molecular flexibility index (Phi) is 7.02. The Morgan fingerprint density at radius 2 is 1.85 bits per heavy atom. The Labute approximate surface area is 199 Å². The maximum atomic E-state index is 13.2. The van der Waals surface area contributed by atoms with Gasteiger partial charge in [0.1, 0.15) is 6.04 Å². The van der Waals surface area contributed by atoms with Crippen LogP contribution in [0.2, 0.25) is 5.02 Å². The Morgan fingerprint density at radius 3 is 2.58 bits per heavy atom. The average Bonchev–Trinajstić information content (AvgIpc) is 3.19. The van der Waals surface area contributed by atoms with Gasteiger partial charge in [-0.25, -0.2) is 4.79 Å². The van der Waals surface area contributed by atoms with E-state index in [1.54, 1.807) is 31.4 Å². The first-order valence-corrected chi connectivity index (χ1v) is 11.4. The number of hydrogen-bond acceptors (Lipinski definition) is 4. The van der Waals surface area contributed by atoms with Crippen LogP contribution in [-0.2, 0) is 16.0 Å². The fourth-order valence-corrected chi connectivity index (χ4v) is 4.52. The first kappa shape index (κ1) is 23.3. The lowest BCUT2D eigenvalue weighted by Crippen LogP contribution is -2.45. The van der Waals surface area contributed by atoms with Gasteiger partial charge in [-0.05, 0) is 66.6 Å². The second kappa shape index (κ2) is 9.95. The summed E-state index contributed by atoms with van der Waals surface area (Å²) in [6, 6.07) is 11.8. The molecule has 0 bridgehead atoms. The summed E-state index contributed by atoms with van der Waals surface area (Å²) in [5.41, 5.74) is 4.65. The molecule has 2 aromatic carbocycles. The highest BCUT2D eigenvalue weighted by molar-refractivity contribution is 6.30. The van der Waals surface area contributed by atoms with Crippen molar-refractivity contribution in [1.29, 1.82) is 0 Å². The van der Waals surface area contributed by atoms with Crippen LogP contribution in [0, 0.1) is 0 Å². The Bertz CT molecular complexity index is 1060. The standard InChI is InChI=1S/C25H29ClN4O3/c1-16-14-29(2)11-10-17-4-7-20(12-22(16)17)27-24(31)23-13-21(33-3)15-30(23)25(32)28-19-8-5-18(26)6-9-19/h4-9,12,21,23H,1,10-11,13-15H2,2-3H3,(H,27,31)(H,28,32). The second-order valence-electron chi connectivity index (χ2n) is 8.65. The smallest absolute Gasteiger partial charge is 0.322 e. The minimum atomic E-state index is -0.643. The number of nitrogens with zero attached hydrogens (tertiary/aromatic N) is 2. The number of methoxy groups -OCH3 is 1. The summed E-state index contributed by atoms with van der Waals surface area (Å²) in [5, 5.41) is 6.42. The molecule has 2 aliphatic heterocycles. The lowest BCUT2D eigenvalue weighted by atomic mass is 9.99. The third-order valence-corrected chi connectivity index (χ3v) is 6.49. The molecule has 0 saturated carbocycles. The summed E-state index contributed by atoms with van der Waals surface area (Å²) in [6.07, 6.45) is 1.16. The normalized spacial score (nSPS) is 20.8. The van der Waals surface area contributed by atoms with Gasteiger partial charge in [0, 0.05) is 49.6 Å². The summed E-state index contributed by atoms with van der Waals surface area (Å²) in [6.45, 7) is 6.32. The van der Waals surface area contributed by atoms with Crippen LogP contribution in [-0.4, -0.2) is 67.7 Å². The largest absolute Gasteiger partial charge is 0.380 e. The number of likely N-dealkylation sites (N-methyl/N-ethyl adjacent to an activating group) is 1. The van der Waals surface area contributed by atoms with E-state index in [9.17, 15) is 9.59 Å². The molecule has 33 heavy (non-hydrogen) atoms. The van der Waals surface area contributed by atoms with Gasteiger partial charge in [-0.3, -0.25) is 4.79 Å². The van der Waals surface area contributed by atoms with Gasteiger partial charge in [-0.2, -0.15) is 0 Å². The maximum Gasteiger partial charge on any atom is 0.322 e. The van der Waals surface area contributed by atoms with E-state index < -0.39 is 6.04 Å². The van der Waals surface area contributed by atoms with Crippen molar-refractivity contribution in [3.63, 3.8) is 0 Å². The van der Waals surface area contributed by atoms with E-state index in [0.717, 1.165) is 30.6 Å². The van der Waals surface area contributed by atoms with Crippen LogP contribution in [0.4, 0.5) is 16.2 Å². The molecular weight excluding hydrogens is 440 g/mol. The van der Waals surface area contributed by atoms with Crippen molar-refractivity contribution in [2.75, 3.05) is 44.4 Å². The van der Waals surface area contributed by atoms with Gasteiger partial charge < -0.3 is 25.2 Å². The zero-order valence-electron chi connectivity index (χ0n) is 18.9. The minimum absolute atomic E-state index is 0.209. The predicted octanol–water partition coefficient (Wildman–Crippen LogP) is 4.10. The number of hydrogen-bond donors (Lipinski definition) is 2. The van der Waals surface area contributed by atoms with Crippen molar-refractivity contribution in [3.05, 3.63) is 65.2 Å². The number of urea groups is 1. The highest BCUT2D eigenvalue weighted by Gasteiger charge is 2.40. The van der Waals surface area contributed by atoms with Gasteiger partial charge in [-0.15, -0.1) is 0 Å². The van der Waals surface area contributed by atoms with Crippen LogP contribution in [0.15, 0.2) is 49.0 Å². The predicted molar refractivity (Wildman–Crippen MR) is 132 cm³/mol. The van der Waals surface area contributed by atoms with Crippen molar-refractivity contribution in [1.82, 2.24) is 9.80 Å². The summed E-state index contributed by atoms with van der Waals surface area (Å²) in [5.74, 6) is -0.239. The molecule has 0 aromatic heterocycles. The van der Waals surface area contributed by atoms with Gasteiger partial charge in [0.05, 0.1) is 6.10 Å². The molecule has 8 heteroatoms. The number of amides is 3. The highest BCUT2D eigenvalue weighted by atomic mass is 35.5. The number of ether oxygens (including phenoxy) is 1. The third kappa shape index (κ3) is 5.38. The van der Waals surface area contributed by atoms with Gasteiger partial charge in [0.15, 0.2) is 0 Å². The number of carbonyl (C=O) groups is 2. The number of likely N-dealkylation sites (tertiary alicyclic amines) is 1. The monoisotopic (exact) mass is 468 g/mol. The number of carbonyl (C=O) groups excluding carboxylic acids is 2. The molecular formula is C25H29ClN4O3. The highest BCUT2D eigenvalue weighted by Crippen LogP contribution is 2.28. The average molecular weight is 469 g/mol. The summed E-state index contributed by atoms with van der Waals surface area (Å²) in [4.78, 5) is 29.9. The molecule has 174 valence electrons. The summed E-state index contributed by atoms with van der Waals surface area (Å²) in [7, 11) is 3.67. The zero-order valence-corrected chi connectivity index (χ0v) is 19.7. The van der Waals surface area contributed by atoms with E-state index in [-0.39, 0.29) is 18.0 Å². The first-order chi connectivity index (χ1) is 15.8. The molecule has 0 radical (unpaired) electrons. The van der Waals surface area contributed by atoms with E-state index in [0.29, 0.717) is 29.4 Å². The minimum Gasteiger partial charge on any atom is -0.380 e. The summed E-state index contributed by atoms with van der Waals surface area (Å²) < 4.78 is 5.47. The second-order valence-corrected chi connectivity index (χ2v) is 9.09. The first-order valence-electron chi connectivity index (χ1n) is 11.0. The van der Waals surface area contributed by atoms with E-state index in [1.807, 2.05) is 18.2 Å². The molecule has 0 spiro atoms. The lowest BCUT2D eigenvalue weighted by Gasteiger charge is -2.24. The Hall–Kier alpha value is -2.87. The van der Waals surface area contributed by atoms with Crippen LogP contribution in [0.3, 0.4) is 0 Å². The fourth-order valence-electron chi connectivity index (χ4n) is 4.40. The molecule has 1 saturated heterocycles. The molecule has 2 atom stereocenters. The molecule has 2 aromatic rings. The third-order valence-electron chi connectivity index (χ3n) is 6.24. The van der Waals surface area contributed by atoms with Crippen molar-refractivity contribution in [2.45, 2.75) is 25.0 Å². The van der Waals surface area contributed by atoms with Gasteiger partial charge in [0.25, 0.3) is 0 Å². The van der Waals surface area contributed by atoms with E-state index in [2.05, 4.69) is 29.2 Å². The van der Waals surface area contributed by atoms with Crippen molar-refractivity contribution in [2.24, 2.45) is 0 Å². The quantitative estimate of drug-likeness (QED) is 0.708. The number of fused-ring (bicyclic) bond motifs is 1. The van der Waals surface area contributed by atoms with Crippen molar-refractivity contribution < 1.29 is 14.3 Å². The molecule has 2 heterocycles. The van der Waals surface area contributed by atoms with Crippen LogP contribution in [0.25, 0.3) is 5.57 Å². The van der Waals surface area contributed by atoms with E-state index >= 15 is 0 Å². The van der Waals surface area contributed by atoms with Crippen molar-refractivity contribution >= 4 is 40.5 Å². The van der Waals surface area contributed by atoms with Crippen LogP contribution < -0.4 is 10.6 Å². The van der Waals surface area contributed by atoms with Crippen LogP contribution in [0.1, 0.15) is 17.5 Å². The lowest BCUT2D eigenvalue weighted by molar-refractivity contribution is -0.119. The topological polar surface area (TPSA) is 73.9 Å². The molecule has 4 rings (SSSR count). The molecule has 2 N–H and O–H groups in total. The molecule has 2 unspecified atom stereocenters. The Balaban J connectivity index is 1.49. The molecule has 7 nitrogen and oxygen atoms in total. The van der Waals surface area contributed by atoms with E-state index in [1.165, 1.54) is 10.5 Å².